The molecule has 0 aliphatic carbocycles. The number of carbonyl (C=O) groups is 1. The van der Waals surface area contributed by atoms with E-state index in [1.54, 1.807) is 0 Å². The molecule has 1 aromatic carbocycles. The fourth-order valence-electron chi connectivity index (χ4n) is 2.42. The highest BCUT2D eigenvalue weighted by Gasteiger charge is 2.82. The SMILES string of the molecule is N#CCC(=O)N1N=C(c2ccccc2)C[C@@]1(O)C(F)(F)C(F)(F)C(F)(F)F. The third-order valence-electron chi connectivity index (χ3n) is 3.81. The first-order valence-corrected chi connectivity index (χ1v) is 7.17. The summed E-state index contributed by atoms with van der Waals surface area (Å²) in [5, 5.41) is 21.4. The van der Waals surface area contributed by atoms with Crippen molar-refractivity contribution in [3.8, 4) is 6.07 Å². The summed E-state index contributed by atoms with van der Waals surface area (Å²) in [4.78, 5) is 11.8. The summed E-state index contributed by atoms with van der Waals surface area (Å²) in [6.45, 7) is 0. The molecule has 27 heavy (non-hydrogen) atoms. The van der Waals surface area contributed by atoms with E-state index in [1.165, 1.54) is 36.4 Å². The van der Waals surface area contributed by atoms with Crippen LogP contribution in [0.1, 0.15) is 18.4 Å². The van der Waals surface area contributed by atoms with Crippen LogP contribution in [-0.2, 0) is 4.79 Å². The fraction of sp³-hybridized carbons (Fsp3) is 0.400. The molecule has 1 heterocycles. The monoisotopic (exact) mass is 397 g/mol. The Bertz CT molecular complexity index is 802. The number of hydrazone groups is 1. The zero-order valence-electron chi connectivity index (χ0n) is 13.1. The van der Waals surface area contributed by atoms with Gasteiger partial charge in [-0.05, 0) is 5.56 Å². The molecule has 5 nitrogen and oxygen atoms in total. The number of halogens is 7. The van der Waals surface area contributed by atoms with E-state index in [-0.39, 0.29) is 5.56 Å². The lowest BCUT2D eigenvalue weighted by atomic mass is 9.91. The predicted molar refractivity (Wildman–Crippen MR) is 75.6 cm³/mol. The van der Waals surface area contributed by atoms with Crippen molar-refractivity contribution < 1.29 is 40.6 Å². The minimum atomic E-state index is -6.72. The Labute approximate surface area is 147 Å². The number of rotatable bonds is 4. The van der Waals surface area contributed by atoms with Gasteiger partial charge in [-0.3, -0.25) is 4.79 Å². The average molecular weight is 397 g/mol. The lowest BCUT2D eigenvalue weighted by Gasteiger charge is -2.41. The Hall–Kier alpha value is -2.68. The van der Waals surface area contributed by atoms with Crippen LogP contribution in [0.2, 0.25) is 0 Å². The van der Waals surface area contributed by atoms with E-state index in [9.17, 15) is 40.6 Å². The molecule has 0 aromatic heterocycles. The largest absolute Gasteiger partial charge is 0.460 e. The van der Waals surface area contributed by atoms with Crippen LogP contribution in [-0.4, -0.2) is 45.5 Å². The maximum Gasteiger partial charge on any atom is 0.460 e. The molecule has 0 radical (unpaired) electrons. The maximum absolute atomic E-state index is 14.3. The summed E-state index contributed by atoms with van der Waals surface area (Å²) in [6.07, 6.45) is -9.40. The van der Waals surface area contributed by atoms with Crippen LogP contribution in [0.25, 0.3) is 0 Å². The standard InChI is InChI=1S/C15H10F7N3O2/c16-13(17,14(18,19)15(20,21)22)12(27)8-10(9-4-2-1-3-5-9)24-25(12)11(26)6-7-23/h1-5,27H,6,8H2/t12-/m1/s1. The minimum Gasteiger partial charge on any atom is -0.364 e. The third kappa shape index (κ3) is 3.12. The number of benzene rings is 1. The van der Waals surface area contributed by atoms with E-state index >= 15 is 0 Å². The normalized spacial score (nSPS) is 21.0. The van der Waals surface area contributed by atoms with Gasteiger partial charge in [-0.15, -0.1) is 0 Å². The quantitative estimate of drug-likeness (QED) is 0.794. The fourth-order valence-corrected chi connectivity index (χ4v) is 2.42. The molecule has 1 atom stereocenters. The van der Waals surface area contributed by atoms with Crippen molar-refractivity contribution in [3.05, 3.63) is 35.9 Å². The topological polar surface area (TPSA) is 76.7 Å². The van der Waals surface area contributed by atoms with Crippen LogP contribution in [0.15, 0.2) is 35.4 Å². The highest BCUT2D eigenvalue weighted by molar-refractivity contribution is 6.03. The number of hydrogen-bond donors (Lipinski definition) is 1. The molecule has 12 heteroatoms. The molecule has 0 saturated carbocycles. The molecule has 1 amide bonds. The molecule has 0 saturated heterocycles. The molecule has 1 aromatic rings. The second-order valence-electron chi connectivity index (χ2n) is 5.59. The number of aliphatic hydroxyl groups is 1. The van der Waals surface area contributed by atoms with Gasteiger partial charge in [0.25, 0.3) is 5.91 Å². The van der Waals surface area contributed by atoms with Crippen molar-refractivity contribution >= 4 is 11.6 Å². The van der Waals surface area contributed by atoms with E-state index in [4.69, 9.17) is 5.26 Å². The van der Waals surface area contributed by atoms with Gasteiger partial charge in [-0.2, -0.15) is 46.1 Å². The summed E-state index contributed by atoms with van der Waals surface area (Å²) in [7, 11) is 0. The molecule has 1 aliphatic rings. The van der Waals surface area contributed by atoms with Crippen molar-refractivity contribution in [3.63, 3.8) is 0 Å². The zero-order chi connectivity index (χ0) is 20.7. The maximum atomic E-state index is 14.3. The van der Waals surface area contributed by atoms with Crippen LogP contribution in [0.5, 0.6) is 0 Å². The van der Waals surface area contributed by atoms with E-state index in [0.717, 1.165) is 0 Å². The third-order valence-corrected chi connectivity index (χ3v) is 3.81. The Morgan fingerprint density at radius 2 is 1.74 bits per heavy atom. The van der Waals surface area contributed by atoms with Crippen LogP contribution >= 0.6 is 0 Å². The van der Waals surface area contributed by atoms with Gasteiger partial charge in [-0.1, -0.05) is 30.3 Å². The van der Waals surface area contributed by atoms with E-state index < -0.39 is 53.2 Å². The zero-order valence-corrected chi connectivity index (χ0v) is 13.1. The number of amides is 1. The first kappa shape index (κ1) is 20.6. The second kappa shape index (κ2) is 6.49. The number of nitrogens with zero attached hydrogens (tertiary/aromatic N) is 3. The van der Waals surface area contributed by atoms with Crippen LogP contribution in [0, 0.1) is 11.3 Å². The first-order chi connectivity index (χ1) is 12.3. The Kier molecular flexibility index (Phi) is 4.96. The summed E-state index contributed by atoms with van der Waals surface area (Å²) in [5.74, 6) is -14.5. The van der Waals surface area contributed by atoms with E-state index in [2.05, 4.69) is 5.10 Å². The number of hydrogen-bond acceptors (Lipinski definition) is 4. The smallest absolute Gasteiger partial charge is 0.364 e. The molecule has 0 bridgehead atoms. The molecule has 146 valence electrons. The summed E-state index contributed by atoms with van der Waals surface area (Å²) >= 11 is 0. The van der Waals surface area contributed by atoms with Gasteiger partial charge in [0.15, 0.2) is 0 Å². The highest BCUT2D eigenvalue weighted by Crippen LogP contribution is 2.54. The summed E-state index contributed by atoms with van der Waals surface area (Å²) in [6, 6.07) is 8.03. The number of carbonyl (C=O) groups excluding carboxylic acids is 1. The predicted octanol–water partition coefficient (Wildman–Crippen LogP) is 3.06. The molecule has 1 aliphatic heterocycles. The first-order valence-electron chi connectivity index (χ1n) is 7.17. The van der Waals surface area contributed by atoms with Crippen molar-refractivity contribution in [2.75, 3.05) is 0 Å². The summed E-state index contributed by atoms with van der Waals surface area (Å²) in [5.41, 5.74) is -4.85. The molecule has 0 fully saturated rings. The minimum absolute atomic E-state index is 0.00862. The van der Waals surface area contributed by atoms with Crippen molar-refractivity contribution in [2.45, 2.75) is 36.6 Å². The lowest BCUT2D eigenvalue weighted by Crippen LogP contribution is -2.69. The molecular weight excluding hydrogens is 387 g/mol. The van der Waals surface area contributed by atoms with Crippen molar-refractivity contribution in [1.29, 1.82) is 5.26 Å². The van der Waals surface area contributed by atoms with Crippen LogP contribution < -0.4 is 0 Å². The van der Waals surface area contributed by atoms with Gasteiger partial charge >= 0.3 is 18.0 Å². The van der Waals surface area contributed by atoms with Crippen molar-refractivity contribution in [1.82, 2.24) is 5.01 Å². The Balaban J connectivity index is 2.59. The van der Waals surface area contributed by atoms with Gasteiger partial charge in [0.2, 0.25) is 5.72 Å². The average Bonchev–Trinajstić information content (AvgIpc) is 2.94. The lowest BCUT2D eigenvalue weighted by molar-refractivity contribution is -0.401. The Morgan fingerprint density at radius 1 is 1.19 bits per heavy atom. The van der Waals surface area contributed by atoms with Gasteiger partial charge < -0.3 is 5.11 Å². The van der Waals surface area contributed by atoms with Crippen LogP contribution in [0.3, 0.4) is 0 Å². The summed E-state index contributed by atoms with van der Waals surface area (Å²) < 4.78 is 93.0. The van der Waals surface area contributed by atoms with Crippen LogP contribution in [0.4, 0.5) is 30.7 Å². The Morgan fingerprint density at radius 3 is 2.22 bits per heavy atom. The van der Waals surface area contributed by atoms with E-state index in [1.807, 2.05) is 0 Å². The van der Waals surface area contributed by atoms with E-state index in [0.29, 0.717) is 0 Å². The number of alkyl halides is 7. The van der Waals surface area contributed by atoms with Gasteiger partial charge in [0, 0.05) is 6.42 Å². The molecular formula is C15H10F7N3O2. The molecule has 0 spiro atoms. The molecule has 2 rings (SSSR count). The van der Waals surface area contributed by atoms with Gasteiger partial charge in [0.05, 0.1) is 11.8 Å². The molecule has 1 N–H and O–H groups in total. The van der Waals surface area contributed by atoms with Gasteiger partial charge in [-0.25, -0.2) is 0 Å². The number of nitriles is 1. The highest BCUT2D eigenvalue weighted by atomic mass is 19.4. The second-order valence-corrected chi connectivity index (χ2v) is 5.59. The van der Waals surface area contributed by atoms with Gasteiger partial charge in [0.1, 0.15) is 6.42 Å². The van der Waals surface area contributed by atoms with Crippen molar-refractivity contribution in [2.24, 2.45) is 5.10 Å². The molecule has 0 unspecified atom stereocenters.